The molecule has 142 valence electrons. The van der Waals surface area contributed by atoms with Crippen molar-refractivity contribution in [3.8, 4) is 6.07 Å². The van der Waals surface area contributed by atoms with Crippen molar-refractivity contribution in [2.24, 2.45) is 0 Å². The number of para-hydroxylation sites is 1. The fraction of sp³-hybridized carbons (Fsp3) is 0.273. The van der Waals surface area contributed by atoms with Crippen LogP contribution in [-0.4, -0.2) is 23.6 Å². The number of carbonyl (C=O) groups excluding carboxylic acids is 1. The van der Waals surface area contributed by atoms with Gasteiger partial charge in [0.05, 0.1) is 24.9 Å². The first-order chi connectivity index (χ1) is 13.6. The van der Waals surface area contributed by atoms with Gasteiger partial charge in [-0.25, -0.2) is 0 Å². The monoisotopic (exact) mass is 374 g/mol. The van der Waals surface area contributed by atoms with E-state index in [2.05, 4.69) is 22.4 Å². The van der Waals surface area contributed by atoms with Crippen molar-refractivity contribution in [1.29, 1.82) is 5.26 Å². The fourth-order valence-corrected chi connectivity index (χ4v) is 3.80. The first-order valence-electron chi connectivity index (χ1n) is 9.33. The maximum Gasteiger partial charge on any atom is 0.245 e. The predicted molar refractivity (Wildman–Crippen MR) is 107 cm³/mol. The highest BCUT2D eigenvalue weighted by Gasteiger charge is 2.24. The molecule has 1 N–H and O–H groups in total. The summed E-state index contributed by atoms with van der Waals surface area (Å²) in [5, 5.41) is 12.6. The lowest BCUT2D eigenvalue weighted by molar-refractivity contribution is -0.115. The van der Waals surface area contributed by atoms with Crippen LogP contribution in [0.3, 0.4) is 0 Å². The summed E-state index contributed by atoms with van der Waals surface area (Å²) in [6.07, 6.45) is 2.56. The van der Waals surface area contributed by atoms with E-state index >= 15 is 0 Å². The Kier molecular flexibility index (Phi) is 4.66. The third-order valence-corrected chi connectivity index (χ3v) is 5.41. The molecule has 4 rings (SSSR count). The molecule has 1 aromatic carbocycles. The molecular formula is C22H22N4O2. The molecule has 0 spiro atoms. The van der Waals surface area contributed by atoms with Gasteiger partial charge < -0.3 is 19.2 Å². The highest BCUT2D eigenvalue weighted by molar-refractivity contribution is 5.95. The van der Waals surface area contributed by atoms with E-state index in [1.54, 1.807) is 6.26 Å². The number of amides is 1. The summed E-state index contributed by atoms with van der Waals surface area (Å²) < 4.78 is 7.39. The van der Waals surface area contributed by atoms with E-state index in [1.807, 2.05) is 48.7 Å². The number of nitrogens with zero attached hydrogens (tertiary/aromatic N) is 3. The Bertz CT molecular complexity index is 1060. The summed E-state index contributed by atoms with van der Waals surface area (Å²) in [7, 11) is 0. The number of aromatic nitrogens is 1. The van der Waals surface area contributed by atoms with Gasteiger partial charge in [-0.1, -0.05) is 18.2 Å². The minimum absolute atomic E-state index is 0.133. The number of hydrogen-bond donors (Lipinski definition) is 1. The Morgan fingerprint density at radius 1 is 1.25 bits per heavy atom. The lowest BCUT2D eigenvalue weighted by Gasteiger charge is -2.19. The highest BCUT2D eigenvalue weighted by atomic mass is 16.3. The first-order valence-corrected chi connectivity index (χ1v) is 9.33. The van der Waals surface area contributed by atoms with Crippen LogP contribution in [-0.2, 0) is 17.8 Å². The Morgan fingerprint density at radius 2 is 2.07 bits per heavy atom. The topological polar surface area (TPSA) is 74.2 Å². The van der Waals surface area contributed by atoms with Gasteiger partial charge in [0.2, 0.25) is 5.91 Å². The summed E-state index contributed by atoms with van der Waals surface area (Å²) in [6, 6.07) is 14.1. The van der Waals surface area contributed by atoms with E-state index in [1.165, 1.54) is 5.56 Å². The quantitative estimate of drug-likeness (QED) is 0.740. The van der Waals surface area contributed by atoms with E-state index in [0.717, 1.165) is 35.7 Å². The molecule has 1 amide bonds. The molecular weight excluding hydrogens is 352 g/mol. The van der Waals surface area contributed by atoms with Crippen LogP contribution in [0.4, 0.5) is 11.5 Å². The van der Waals surface area contributed by atoms with Crippen molar-refractivity contribution < 1.29 is 9.21 Å². The highest BCUT2D eigenvalue weighted by Crippen LogP contribution is 2.29. The predicted octanol–water partition coefficient (Wildman–Crippen LogP) is 3.62. The molecule has 0 radical (unpaired) electrons. The standard InChI is InChI=1S/C22H22N4O2/c1-15-16(2)26(13-18-7-5-11-28-18)22(19(15)12-23)24-21(27)14-25-10-9-17-6-3-4-8-20(17)25/h3-8,11H,9-10,13-14H2,1-2H3,(H,24,27). The van der Waals surface area contributed by atoms with Gasteiger partial charge in [-0.05, 0) is 49.6 Å². The van der Waals surface area contributed by atoms with E-state index in [0.29, 0.717) is 17.9 Å². The van der Waals surface area contributed by atoms with Gasteiger partial charge >= 0.3 is 0 Å². The van der Waals surface area contributed by atoms with Crippen LogP contribution in [0.5, 0.6) is 0 Å². The minimum Gasteiger partial charge on any atom is -0.467 e. The molecule has 3 aromatic rings. The van der Waals surface area contributed by atoms with Crippen molar-refractivity contribution in [2.45, 2.75) is 26.8 Å². The number of rotatable bonds is 5. The minimum atomic E-state index is -0.133. The van der Waals surface area contributed by atoms with Crippen LogP contribution in [0.2, 0.25) is 0 Å². The second kappa shape index (κ2) is 7.28. The summed E-state index contributed by atoms with van der Waals surface area (Å²) in [5.74, 6) is 1.17. The summed E-state index contributed by atoms with van der Waals surface area (Å²) in [6.45, 7) is 5.39. The zero-order valence-electron chi connectivity index (χ0n) is 16.0. The van der Waals surface area contributed by atoms with Crippen LogP contribution < -0.4 is 10.2 Å². The summed E-state index contributed by atoms with van der Waals surface area (Å²) >= 11 is 0. The SMILES string of the molecule is Cc1c(C#N)c(NC(=O)CN2CCc3ccccc32)n(Cc2ccco2)c1C. The molecule has 0 aliphatic carbocycles. The molecule has 0 unspecified atom stereocenters. The number of anilines is 2. The largest absolute Gasteiger partial charge is 0.467 e. The van der Waals surface area contributed by atoms with Gasteiger partial charge in [-0.3, -0.25) is 4.79 Å². The molecule has 6 nitrogen and oxygen atoms in total. The lowest BCUT2D eigenvalue weighted by Crippen LogP contribution is -2.32. The number of furan rings is 1. The molecule has 0 fully saturated rings. The molecule has 3 heterocycles. The van der Waals surface area contributed by atoms with Crippen LogP contribution in [0.1, 0.15) is 28.1 Å². The average molecular weight is 374 g/mol. The second-order valence-electron chi connectivity index (χ2n) is 7.06. The molecule has 0 saturated carbocycles. The summed E-state index contributed by atoms with van der Waals surface area (Å²) in [5.41, 5.74) is 4.68. The third-order valence-electron chi connectivity index (χ3n) is 5.41. The number of nitriles is 1. The Balaban J connectivity index is 1.58. The molecule has 6 heteroatoms. The second-order valence-corrected chi connectivity index (χ2v) is 7.06. The van der Waals surface area contributed by atoms with Gasteiger partial charge in [-0.15, -0.1) is 0 Å². The number of hydrogen-bond acceptors (Lipinski definition) is 4. The molecule has 28 heavy (non-hydrogen) atoms. The lowest BCUT2D eigenvalue weighted by atomic mass is 10.2. The van der Waals surface area contributed by atoms with E-state index in [9.17, 15) is 10.1 Å². The Morgan fingerprint density at radius 3 is 2.82 bits per heavy atom. The molecule has 1 aliphatic rings. The van der Waals surface area contributed by atoms with Gasteiger partial charge in [-0.2, -0.15) is 5.26 Å². The van der Waals surface area contributed by atoms with Crippen LogP contribution in [0.25, 0.3) is 0 Å². The zero-order chi connectivity index (χ0) is 19.7. The molecule has 0 bridgehead atoms. The summed E-state index contributed by atoms with van der Waals surface area (Å²) in [4.78, 5) is 14.9. The van der Waals surface area contributed by atoms with Gasteiger partial charge in [0.25, 0.3) is 0 Å². The third kappa shape index (κ3) is 3.16. The van der Waals surface area contributed by atoms with Gasteiger partial charge in [0, 0.05) is 17.9 Å². The average Bonchev–Trinajstić information content (AvgIpc) is 3.39. The zero-order valence-corrected chi connectivity index (χ0v) is 16.0. The molecule has 1 aliphatic heterocycles. The Labute approximate surface area is 164 Å². The van der Waals surface area contributed by atoms with Gasteiger partial charge in [0.1, 0.15) is 17.6 Å². The fourth-order valence-electron chi connectivity index (χ4n) is 3.80. The smallest absolute Gasteiger partial charge is 0.245 e. The number of carbonyl (C=O) groups is 1. The normalized spacial score (nSPS) is 12.7. The molecule has 0 atom stereocenters. The van der Waals surface area contributed by atoms with Crippen molar-refractivity contribution in [1.82, 2.24) is 4.57 Å². The van der Waals surface area contributed by atoms with Crippen molar-refractivity contribution in [3.63, 3.8) is 0 Å². The van der Waals surface area contributed by atoms with Crippen LogP contribution in [0, 0.1) is 25.2 Å². The Hall–Kier alpha value is -3.46. The number of fused-ring (bicyclic) bond motifs is 1. The van der Waals surface area contributed by atoms with E-state index in [-0.39, 0.29) is 12.5 Å². The van der Waals surface area contributed by atoms with Crippen molar-refractivity contribution in [2.75, 3.05) is 23.3 Å². The van der Waals surface area contributed by atoms with Crippen molar-refractivity contribution >= 4 is 17.4 Å². The van der Waals surface area contributed by atoms with Crippen LogP contribution in [0.15, 0.2) is 47.1 Å². The molecule has 0 saturated heterocycles. The molecule has 2 aromatic heterocycles. The van der Waals surface area contributed by atoms with Gasteiger partial charge in [0.15, 0.2) is 0 Å². The first kappa shape index (κ1) is 17.9. The van der Waals surface area contributed by atoms with Crippen molar-refractivity contribution in [3.05, 3.63) is 70.8 Å². The van der Waals surface area contributed by atoms with E-state index in [4.69, 9.17) is 4.42 Å². The van der Waals surface area contributed by atoms with E-state index < -0.39 is 0 Å². The number of benzene rings is 1. The number of nitrogens with one attached hydrogen (secondary N) is 1. The van der Waals surface area contributed by atoms with Crippen LogP contribution >= 0.6 is 0 Å². The maximum atomic E-state index is 12.8. The maximum absolute atomic E-state index is 12.8.